The molecule has 2 rings (SSSR count). The van der Waals surface area contributed by atoms with Crippen molar-refractivity contribution < 1.29 is 4.74 Å². The average molecular weight is 324 g/mol. The van der Waals surface area contributed by atoms with Crippen LogP contribution in [0, 0.1) is 0 Å². The molecule has 0 spiro atoms. The molecule has 1 aromatic carbocycles. The summed E-state index contributed by atoms with van der Waals surface area (Å²) in [6.07, 6.45) is 5.50. The van der Waals surface area contributed by atoms with Gasteiger partial charge in [-0.15, -0.1) is 0 Å². The van der Waals surface area contributed by atoms with Gasteiger partial charge in [-0.05, 0) is 28.5 Å². The second-order valence-electron chi connectivity index (χ2n) is 4.16. The van der Waals surface area contributed by atoms with Crippen LogP contribution < -0.4 is 10.1 Å². The van der Waals surface area contributed by atoms with Gasteiger partial charge in [-0.3, -0.25) is 0 Å². The number of hydrogen-bond donors (Lipinski definition) is 1. The summed E-state index contributed by atoms with van der Waals surface area (Å²) in [5.41, 5.74) is 1.17. The number of nitrogens with one attached hydrogen (secondary N) is 1. The number of para-hydroxylation sites is 1. The summed E-state index contributed by atoms with van der Waals surface area (Å²) in [5, 5.41) is 3.32. The summed E-state index contributed by atoms with van der Waals surface area (Å²) < 4.78 is 8.90. The molecule has 19 heavy (non-hydrogen) atoms. The summed E-state index contributed by atoms with van der Waals surface area (Å²) in [4.78, 5) is 4.01. The van der Waals surface area contributed by atoms with Crippen LogP contribution in [-0.4, -0.2) is 22.7 Å². The van der Waals surface area contributed by atoms with Gasteiger partial charge in [-0.2, -0.15) is 0 Å². The Balaban J connectivity index is 1.97. The molecule has 0 saturated carbocycles. The standard InChI is InChI=1S/C14H18BrN3O/c1-2-16-10-12-4-3-5-13(15)14(12)19-9-8-18-7-6-17-11-18/h3-7,11,16H,2,8-10H2,1H3. The fourth-order valence-corrected chi connectivity index (χ4v) is 2.31. The molecule has 0 unspecified atom stereocenters. The lowest BCUT2D eigenvalue weighted by Crippen LogP contribution is -2.14. The van der Waals surface area contributed by atoms with Gasteiger partial charge in [0, 0.05) is 24.5 Å². The first-order valence-corrected chi connectivity index (χ1v) is 7.17. The second kappa shape index (κ2) is 7.31. The molecule has 0 atom stereocenters. The van der Waals surface area contributed by atoms with E-state index in [9.17, 15) is 0 Å². The van der Waals surface area contributed by atoms with E-state index in [1.807, 2.05) is 22.9 Å². The average Bonchev–Trinajstić information content (AvgIpc) is 2.92. The lowest BCUT2D eigenvalue weighted by atomic mass is 10.2. The van der Waals surface area contributed by atoms with Gasteiger partial charge >= 0.3 is 0 Å². The summed E-state index contributed by atoms with van der Waals surface area (Å²) in [6.45, 7) is 5.27. The molecule has 0 aliphatic carbocycles. The summed E-state index contributed by atoms with van der Waals surface area (Å²) in [7, 11) is 0. The van der Waals surface area contributed by atoms with Crippen LogP contribution in [0.25, 0.3) is 0 Å². The molecule has 4 nitrogen and oxygen atoms in total. The highest BCUT2D eigenvalue weighted by molar-refractivity contribution is 9.10. The number of benzene rings is 1. The van der Waals surface area contributed by atoms with Crippen LogP contribution in [0.15, 0.2) is 41.4 Å². The Kier molecular flexibility index (Phi) is 5.42. The van der Waals surface area contributed by atoms with Crippen molar-refractivity contribution in [2.45, 2.75) is 20.0 Å². The Morgan fingerprint density at radius 3 is 3.05 bits per heavy atom. The summed E-state index contributed by atoms with van der Waals surface area (Å²) in [5.74, 6) is 0.920. The predicted molar refractivity (Wildman–Crippen MR) is 79.2 cm³/mol. The quantitative estimate of drug-likeness (QED) is 0.851. The van der Waals surface area contributed by atoms with Crippen molar-refractivity contribution in [1.29, 1.82) is 0 Å². The highest BCUT2D eigenvalue weighted by Crippen LogP contribution is 2.29. The molecular weight excluding hydrogens is 306 g/mol. The molecule has 1 aromatic heterocycles. The molecule has 0 bridgehead atoms. The molecular formula is C14H18BrN3O. The largest absolute Gasteiger partial charge is 0.490 e. The minimum Gasteiger partial charge on any atom is -0.490 e. The summed E-state index contributed by atoms with van der Waals surface area (Å²) >= 11 is 3.55. The number of imidazole rings is 1. The van der Waals surface area contributed by atoms with Gasteiger partial charge in [-0.1, -0.05) is 19.1 Å². The van der Waals surface area contributed by atoms with Crippen molar-refractivity contribution in [2.75, 3.05) is 13.2 Å². The smallest absolute Gasteiger partial charge is 0.138 e. The number of rotatable bonds is 7. The molecule has 5 heteroatoms. The fourth-order valence-electron chi connectivity index (χ4n) is 1.79. The van der Waals surface area contributed by atoms with Gasteiger partial charge in [0.05, 0.1) is 17.3 Å². The Hall–Kier alpha value is -1.33. The van der Waals surface area contributed by atoms with E-state index in [1.165, 1.54) is 5.56 Å². The van der Waals surface area contributed by atoms with Gasteiger partial charge in [0.25, 0.3) is 0 Å². The number of nitrogens with zero attached hydrogens (tertiary/aromatic N) is 2. The Labute approximate surface area is 121 Å². The second-order valence-corrected chi connectivity index (χ2v) is 5.01. The minimum atomic E-state index is 0.623. The molecule has 0 saturated heterocycles. The zero-order valence-corrected chi connectivity index (χ0v) is 12.6. The maximum Gasteiger partial charge on any atom is 0.138 e. The van der Waals surface area contributed by atoms with Crippen LogP contribution in [0.4, 0.5) is 0 Å². The highest BCUT2D eigenvalue weighted by Gasteiger charge is 2.07. The SMILES string of the molecule is CCNCc1cccc(Br)c1OCCn1ccnc1. The van der Waals surface area contributed by atoms with Crippen LogP contribution in [0.3, 0.4) is 0 Å². The Morgan fingerprint density at radius 2 is 2.32 bits per heavy atom. The zero-order chi connectivity index (χ0) is 13.5. The number of halogens is 1. The monoisotopic (exact) mass is 323 g/mol. The van der Waals surface area contributed by atoms with Crippen molar-refractivity contribution in [3.05, 3.63) is 47.0 Å². The maximum absolute atomic E-state index is 5.90. The topological polar surface area (TPSA) is 39.1 Å². The van der Waals surface area contributed by atoms with E-state index in [0.29, 0.717) is 6.61 Å². The summed E-state index contributed by atoms with van der Waals surface area (Å²) in [6, 6.07) is 6.11. The Bertz CT molecular complexity index is 499. The molecule has 102 valence electrons. The molecule has 0 aliphatic rings. The van der Waals surface area contributed by atoms with Gasteiger partial charge in [0.15, 0.2) is 0 Å². The lowest BCUT2D eigenvalue weighted by molar-refractivity contribution is 0.293. The molecule has 0 aliphatic heterocycles. The third-order valence-electron chi connectivity index (χ3n) is 2.77. The van der Waals surface area contributed by atoms with Crippen LogP contribution >= 0.6 is 15.9 Å². The molecule has 0 fully saturated rings. The van der Waals surface area contributed by atoms with Crippen LogP contribution in [-0.2, 0) is 13.1 Å². The van der Waals surface area contributed by atoms with Gasteiger partial charge in [0.2, 0.25) is 0 Å². The molecule has 2 aromatic rings. The van der Waals surface area contributed by atoms with Crippen LogP contribution in [0.1, 0.15) is 12.5 Å². The van der Waals surface area contributed by atoms with Crippen LogP contribution in [0.2, 0.25) is 0 Å². The predicted octanol–water partition coefficient (Wildman–Crippen LogP) is 2.83. The first kappa shape index (κ1) is 14.1. The first-order chi connectivity index (χ1) is 9.31. The molecule has 1 N–H and O–H groups in total. The van der Waals surface area contributed by atoms with E-state index in [0.717, 1.165) is 29.9 Å². The van der Waals surface area contributed by atoms with E-state index in [-0.39, 0.29) is 0 Å². The van der Waals surface area contributed by atoms with Gasteiger partial charge < -0.3 is 14.6 Å². The van der Waals surface area contributed by atoms with Crippen molar-refractivity contribution in [3.63, 3.8) is 0 Å². The van der Waals surface area contributed by atoms with E-state index in [4.69, 9.17) is 4.74 Å². The molecule has 1 heterocycles. The van der Waals surface area contributed by atoms with E-state index in [1.54, 1.807) is 12.5 Å². The third-order valence-corrected chi connectivity index (χ3v) is 3.39. The fraction of sp³-hybridized carbons (Fsp3) is 0.357. The van der Waals surface area contributed by atoms with Crippen molar-refractivity contribution in [2.24, 2.45) is 0 Å². The van der Waals surface area contributed by atoms with E-state index in [2.05, 4.69) is 39.2 Å². The minimum absolute atomic E-state index is 0.623. The van der Waals surface area contributed by atoms with Gasteiger partial charge in [-0.25, -0.2) is 4.98 Å². The van der Waals surface area contributed by atoms with Gasteiger partial charge in [0.1, 0.15) is 12.4 Å². The van der Waals surface area contributed by atoms with Crippen molar-refractivity contribution in [1.82, 2.24) is 14.9 Å². The number of ether oxygens (including phenoxy) is 1. The van der Waals surface area contributed by atoms with Crippen molar-refractivity contribution in [3.8, 4) is 5.75 Å². The van der Waals surface area contributed by atoms with Crippen LogP contribution in [0.5, 0.6) is 5.75 Å². The number of hydrogen-bond acceptors (Lipinski definition) is 3. The van der Waals surface area contributed by atoms with Crippen molar-refractivity contribution >= 4 is 15.9 Å². The highest BCUT2D eigenvalue weighted by atomic mass is 79.9. The molecule has 0 radical (unpaired) electrons. The van der Waals surface area contributed by atoms with E-state index >= 15 is 0 Å². The maximum atomic E-state index is 5.90. The zero-order valence-electron chi connectivity index (χ0n) is 11.0. The normalized spacial score (nSPS) is 10.6. The lowest BCUT2D eigenvalue weighted by Gasteiger charge is -2.13. The molecule has 0 amide bonds. The number of aromatic nitrogens is 2. The Morgan fingerprint density at radius 1 is 1.42 bits per heavy atom. The first-order valence-electron chi connectivity index (χ1n) is 6.38. The van der Waals surface area contributed by atoms with E-state index < -0.39 is 0 Å². The third kappa shape index (κ3) is 4.08.